The molecule has 0 atom stereocenters. The van der Waals surface area contributed by atoms with Crippen LogP contribution < -0.4 is 0 Å². The van der Waals surface area contributed by atoms with Crippen LogP contribution in [0, 0.1) is 36.5 Å². The normalized spacial score (nSPS) is 9.88. The van der Waals surface area contributed by atoms with Crippen molar-refractivity contribution in [3.8, 4) is 12.1 Å². The minimum atomic E-state index is 0.118. The highest BCUT2D eigenvalue weighted by Crippen LogP contribution is 2.12. The molecule has 0 saturated heterocycles. The quantitative estimate of drug-likeness (QED) is 0.770. The highest BCUT2D eigenvalue weighted by Gasteiger charge is 2.13. The highest BCUT2D eigenvalue weighted by atomic mass is 16.4. The Balaban J connectivity index is 2.34. The third-order valence-corrected chi connectivity index (χ3v) is 2.43. The van der Waals surface area contributed by atoms with Gasteiger partial charge >= 0.3 is 0 Å². The van der Waals surface area contributed by atoms with Crippen LogP contribution in [0.1, 0.15) is 28.7 Å². The summed E-state index contributed by atoms with van der Waals surface area (Å²) in [4.78, 5) is 8.05. The first-order valence-electron chi connectivity index (χ1n) is 4.94. The fourth-order valence-corrected chi connectivity index (χ4v) is 1.45. The molecule has 0 saturated carbocycles. The van der Waals surface area contributed by atoms with Gasteiger partial charge in [-0.05, 0) is 13.8 Å². The zero-order valence-electron chi connectivity index (χ0n) is 9.43. The average Bonchev–Trinajstić information content (AvgIpc) is 2.83. The largest absolute Gasteiger partial charge is 0.444 e. The van der Waals surface area contributed by atoms with Gasteiger partial charge < -0.3 is 8.98 Å². The van der Waals surface area contributed by atoms with Crippen molar-refractivity contribution in [2.24, 2.45) is 0 Å². The molecule has 2 rings (SSSR count). The summed E-state index contributed by atoms with van der Waals surface area (Å²) in [5.74, 6) is 1.25. The van der Waals surface area contributed by atoms with Gasteiger partial charge in [-0.1, -0.05) is 0 Å². The number of nitrogens with zero attached hydrogens (tertiary/aromatic N) is 5. The predicted octanol–water partition coefficient (Wildman–Crippen LogP) is 1.28. The van der Waals surface area contributed by atoms with Crippen molar-refractivity contribution in [2.75, 3.05) is 0 Å². The number of oxazole rings is 1. The van der Waals surface area contributed by atoms with Gasteiger partial charge in [-0.15, -0.1) is 0 Å². The molecule has 0 unspecified atom stereocenters. The first-order chi connectivity index (χ1) is 8.15. The lowest BCUT2D eigenvalue weighted by Gasteiger charge is -1.98. The van der Waals surface area contributed by atoms with Crippen molar-refractivity contribution >= 4 is 0 Å². The van der Waals surface area contributed by atoms with Gasteiger partial charge in [0.05, 0.1) is 12.0 Å². The molecule has 0 aliphatic rings. The monoisotopic (exact) mass is 227 g/mol. The summed E-state index contributed by atoms with van der Waals surface area (Å²) in [6, 6.07) is 3.81. The zero-order valence-corrected chi connectivity index (χ0v) is 9.43. The molecule has 2 heterocycles. The van der Waals surface area contributed by atoms with Gasteiger partial charge in [0.2, 0.25) is 5.89 Å². The van der Waals surface area contributed by atoms with Gasteiger partial charge in [-0.3, -0.25) is 0 Å². The van der Waals surface area contributed by atoms with E-state index in [9.17, 15) is 0 Å². The Morgan fingerprint density at radius 3 is 2.65 bits per heavy atom. The van der Waals surface area contributed by atoms with Crippen LogP contribution in [0.2, 0.25) is 0 Å². The average molecular weight is 227 g/mol. The maximum Gasteiger partial charge on any atom is 0.214 e. The second-order valence-corrected chi connectivity index (χ2v) is 3.54. The first-order valence-corrected chi connectivity index (χ1v) is 4.94. The molecule has 84 valence electrons. The van der Waals surface area contributed by atoms with Crippen molar-refractivity contribution in [2.45, 2.75) is 20.4 Å². The number of imidazole rings is 1. The lowest BCUT2D eigenvalue weighted by molar-refractivity contribution is 0.456. The van der Waals surface area contributed by atoms with Crippen LogP contribution in [0.15, 0.2) is 10.7 Å². The van der Waals surface area contributed by atoms with Gasteiger partial charge in [0.15, 0.2) is 11.4 Å². The van der Waals surface area contributed by atoms with Crippen LogP contribution in [0.5, 0.6) is 0 Å². The maximum atomic E-state index is 8.94. The fraction of sp³-hybridized carbons (Fsp3) is 0.273. The molecule has 0 spiro atoms. The van der Waals surface area contributed by atoms with Gasteiger partial charge in [0.25, 0.3) is 0 Å². The minimum absolute atomic E-state index is 0.118. The summed E-state index contributed by atoms with van der Waals surface area (Å²) in [5.41, 5.74) is 1.16. The standard InChI is InChI=1S/C11H9N5O/c1-7-8(2)17-11(15-7)5-16-6-14-9(3-12)10(16)4-13/h6H,5H2,1-2H3. The lowest BCUT2D eigenvalue weighted by atomic mass is 10.3. The van der Waals surface area contributed by atoms with Gasteiger partial charge in [-0.25, -0.2) is 9.97 Å². The first kappa shape index (κ1) is 10.9. The molecule has 0 aromatic carbocycles. The van der Waals surface area contributed by atoms with Gasteiger partial charge in [-0.2, -0.15) is 10.5 Å². The van der Waals surface area contributed by atoms with Gasteiger partial charge in [0, 0.05) is 0 Å². The van der Waals surface area contributed by atoms with Gasteiger partial charge in [0.1, 0.15) is 24.4 Å². The molecule has 0 radical (unpaired) electrons. The van der Waals surface area contributed by atoms with E-state index < -0.39 is 0 Å². The third kappa shape index (κ3) is 1.88. The number of hydrogen-bond acceptors (Lipinski definition) is 5. The Labute approximate surface area is 97.8 Å². The summed E-state index contributed by atoms with van der Waals surface area (Å²) in [6.45, 7) is 3.97. The SMILES string of the molecule is Cc1nc(Cn2cnc(C#N)c2C#N)oc1C. The van der Waals surface area contributed by atoms with E-state index in [1.54, 1.807) is 4.57 Å². The van der Waals surface area contributed by atoms with E-state index >= 15 is 0 Å². The van der Waals surface area contributed by atoms with E-state index in [0.717, 1.165) is 11.5 Å². The second-order valence-electron chi connectivity index (χ2n) is 3.54. The smallest absolute Gasteiger partial charge is 0.214 e. The van der Waals surface area contributed by atoms with E-state index in [1.807, 2.05) is 26.0 Å². The molecule has 0 aliphatic heterocycles. The molecule has 0 fully saturated rings. The van der Waals surface area contributed by atoms with E-state index in [0.29, 0.717) is 12.4 Å². The zero-order chi connectivity index (χ0) is 12.4. The van der Waals surface area contributed by atoms with Crippen molar-refractivity contribution in [3.63, 3.8) is 0 Å². The molecule has 0 bridgehead atoms. The molecule has 0 aliphatic carbocycles. The van der Waals surface area contributed by atoms with E-state index in [4.69, 9.17) is 14.9 Å². The third-order valence-electron chi connectivity index (χ3n) is 2.43. The van der Waals surface area contributed by atoms with Crippen molar-refractivity contribution in [1.29, 1.82) is 10.5 Å². The predicted molar refractivity (Wildman–Crippen MR) is 56.7 cm³/mol. The Bertz CT molecular complexity index is 618. The van der Waals surface area contributed by atoms with Crippen LogP contribution in [-0.4, -0.2) is 14.5 Å². The summed E-state index contributed by atoms with van der Waals surface area (Å²) < 4.78 is 6.95. The van der Waals surface area contributed by atoms with Crippen LogP contribution in [-0.2, 0) is 6.54 Å². The van der Waals surface area contributed by atoms with E-state index in [1.165, 1.54) is 6.33 Å². The Hall–Kier alpha value is -2.60. The summed E-state index contributed by atoms with van der Waals surface area (Å²) >= 11 is 0. The maximum absolute atomic E-state index is 8.94. The van der Waals surface area contributed by atoms with E-state index in [2.05, 4.69) is 9.97 Å². The molecule has 0 N–H and O–H groups in total. The molecule has 2 aromatic rings. The number of nitriles is 2. The Morgan fingerprint density at radius 1 is 1.35 bits per heavy atom. The van der Waals surface area contributed by atoms with Crippen LogP contribution in [0.3, 0.4) is 0 Å². The van der Waals surface area contributed by atoms with Crippen molar-refractivity contribution in [3.05, 3.63) is 35.1 Å². The van der Waals surface area contributed by atoms with Crippen LogP contribution in [0.4, 0.5) is 0 Å². The molecule has 17 heavy (non-hydrogen) atoms. The number of aryl methyl sites for hydroxylation is 2. The molecular formula is C11H9N5O. The summed E-state index contributed by atoms with van der Waals surface area (Å²) in [6.07, 6.45) is 1.44. The summed E-state index contributed by atoms with van der Waals surface area (Å²) in [7, 11) is 0. The Morgan fingerprint density at radius 2 is 2.12 bits per heavy atom. The fourth-order valence-electron chi connectivity index (χ4n) is 1.45. The molecule has 6 heteroatoms. The molecule has 6 nitrogen and oxygen atoms in total. The highest BCUT2D eigenvalue weighted by molar-refractivity contribution is 5.36. The lowest BCUT2D eigenvalue weighted by Crippen LogP contribution is -2.01. The molecule has 2 aromatic heterocycles. The van der Waals surface area contributed by atoms with Crippen LogP contribution in [0.25, 0.3) is 0 Å². The van der Waals surface area contributed by atoms with E-state index in [-0.39, 0.29) is 11.4 Å². The topological polar surface area (TPSA) is 91.4 Å². The minimum Gasteiger partial charge on any atom is -0.444 e. The summed E-state index contributed by atoms with van der Waals surface area (Å²) in [5, 5.41) is 17.7. The van der Waals surface area contributed by atoms with Crippen molar-refractivity contribution < 1.29 is 4.42 Å². The number of aromatic nitrogens is 3. The molecule has 0 amide bonds. The number of rotatable bonds is 2. The van der Waals surface area contributed by atoms with Crippen molar-refractivity contribution in [1.82, 2.24) is 14.5 Å². The number of hydrogen-bond donors (Lipinski definition) is 0. The molecular weight excluding hydrogens is 218 g/mol. The van der Waals surface area contributed by atoms with Crippen LogP contribution >= 0.6 is 0 Å². The Kier molecular flexibility index (Phi) is 2.63. The second kappa shape index (κ2) is 4.11.